The van der Waals surface area contributed by atoms with Gasteiger partial charge in [-0.3, -0.25) is 4.99 Å². The molecule has 2 aromatic rings. The summed E-state index contributed by atoms with van der Waals surface area (Å²) in [5.74, 6) is 0. The smallest absolute Gasteiger partial charge is 0.297 e. The normalized spacial score (nSPS) is 19.3. The monoisotopic (exact) mass is 202 g/mol. The van der Waals surface area contributed by atoms with Gasteiger partial charge in [0, 0.05) is 0 Å². The van der Waals surface area contributed by atoms with Crippen molar-refractivity contribution in [3.05, 3.63) is 24.3 Å². The van der Waals surface area contributed by atoms with E-state index in [1.54, 1.807) is 6.34 Å². The second kappa shape index (κ2) is 3.27. The molecule has 76 valence electrons. The van der Waals surface area contributed by atoms with Gasteiger partial charge in [0.15, 0.2) is 5.58 Å². The number of aromatic nitrogens is 1. The molecule has 2 N–H and O–H groups in total. The molecule has 3 rings (SSSR count). The van der Waals surface area contributed by atoms with Gasteiger partial charge in [0.25, 0.3) is 6.01 Å². The lowest BCUT2D eigenvalue weighted by atomic mass is 10.3. The Bertz CT molecular complexity index is 464. The minimum atomic E-state index is 0.0815. The Kier molecular flexibility index (Phi) is 1.81. The zero-order valence-corrected chi connectivity index (χ0v) is 7.97. The fourth-order valence-corrected chi connectivity index (χ4v) is 1.52. The number of nitrogens with zero attached hydrogens (tertiary/aromatic N) is 2. The molecule has 15 heavy (non-hydrogen) atoms. The van der Waals surface area contributed by atoms with Crippen molar-refractivity contribution < 1.29 is 4.42 Å². The van der Waals surface area contributed by atoms with E-state index in [0.717, 1.165) is 11.1 Å². The van der Waals surface area contributed by atoms with Crippen LogP contribution in [0.25, 0.3) is 11.1 Å². The molecule has 5 heteroatoms. The number of hydrogen-bond donors (Lipinski definition) is 2. The Hall–Kier alpha value is -2.04. The molecule has 5 nitrogen and oxygen atoms in total. The number of hydrogen-bond acceptors (Lipinski definition) is 5. The highest BCUT2D eigenvalue weighted by Crippen LogP contribution is 2.18. The molecule has 0 saturated carbocycles. The molecule has 1 aliphatic heterocycles. The first-order valence-electron chi connectivity index (χ1n) is 4.78. The third kappa shape index (κ3) is 1.52. The predicted octanol–water partition coefficient (Wildman–Crippen LogP) is 1.20. The van der Waals surface area contributed by atoms with E-state index in [9.17, 15) is 0 Å². The van der Waals surface area contributed by atoms with Crippen LogP contribution in [-0.2, 0) is 0 Å². The summed E-state index contributed by atoms with van der Waals surface area (Å²) >= 11 is 0. The largest absolute Gasteiger partial charge is 0.424 e. The van der Waals surface area contributed by atoms with Gasteiger partial charge >= 0.3 is 0 Å². The summed E-state index contributed by atoms with van der Waals surface area (Å²) in [5, 5.41) is 6.16. The molecular formula is C10H10N4O. The van der Waals surface area contributed by atoms with Crippen molar-refractivity contribution in [2.24, 2.45) is 4.99 Å². The van der Waals surface area contributed by atoms with Crippen LogP contribution in [0.2, 0.25) is 0 Å². The summed E-state index contributed by atoms with van der Waals surface area (Å²) in [6.07, 6.45) is 1.76. The number of benzene rings is 1. The first-order chi connectivity index (χ1) is 7.42. The quantitative estimate of drug-likeness (QED) is 0.768. The van der Waals surface area contributed by atoms with E-state index in [0.29, 0.717) is 12.6 Å². The Labute approximate surface area is 86.2 Å². The Morgan fingerprint density at radius 1 is 1.40 bits per heavy atom. The maximum atomic E-state index is 5.51. The standard InChI is InChI=1S/C10H10N4O/c1-2-4-8-7(3-1)13-10(15-8)14-9-5-11-6-12-9/h1-4,6,9H,5H2,(H,11,12)(H,13,14). The number of oxazole rings is 1. The first-order valence-corrected chi connectivity index (χ1v) is 4.78. The number of nitrogens with one attached hydrogen (secondary N) is 2. The maximum Gasteiger partial charge on any atom is 0.297 e. The summed E-state index contributed by atoms with van der Waals surface area (Å²) in [6, 6.07) is 8.20. The van der Waals surface area contributed by atoms with Crippen molar-refractivity contribution in [3.8, 4) is 0 Å². The van der Waals surface area contributed by atoms with Crippen LogP contribution in [0.1, 0.15) is 0 Å². The molecule has 1 unspecified atom stereocenters. The van der Waals surface area contributed by atoms with Crippen LogP contribution in [0.3, 0.4) is 0 Å². The molecule has 1 aromatic carbocycles. The van der Waals surface area contributed by atoms with Gasteiger partial charge < -0.3 is 15.1 Å². The van der Waals surface area contributed by atoms with Crippen molar-refractivity contribution in [1.29, 1.82) is 0 Å². The highest BCUT2D eigenvalue weighted by molar-refractivity contribution is 5.74. The Morgan fingerprint density at radius 2 is 2.33 bits per heavy atom. The number of aliphatic imine (C=N–C) groups is 1. The SMILES string of the molecule is C1=NCC(Nc2nc3ccccc3o2)N1. The topological polar surface area (TPSA) is 62.5 Å². The molecule has 1 aromatic heterocycles. The van der Waals surface area contributed by atoms with E-state index in [1.165, 1.54) is 0 Å². The van der Waals surface area contributed by atoms with E-state index in [4.69, 9.17) is 4.42 Å². The zero-order chi connectivity index (χ0) is 10.1. The average molecular weight is 202 g/mol. The molecule has 0 amide bonds. The highest BCUT2D eigenvalue weighted by Gasteiger charge is 2.13. The van der Waals surface area contributed by atoms with Gasteiger partial charge in [0.05, 0.1) is 12.9 Å². The average Bonchev–Trinajstić information content (AvgIpc) is 2.86. The number of rotatable bonds is 2. The summed E-state index contributed by atoms with van der Waals surface area (Å²) in [6.45, 7) is 0.693. The molecule has 1 aliphatic rings. The van der Waals surface area contributed by atoms with Crippen LogP contribution < -0.4 is 10.6 Å². The summed E-state index contributed by atoms with van der Waals surface area (Å²) < 4.78 is 5.51. The molecule has 0 saturated heterocycles. The van der Waals surface area contributed by atoms with Crippen LogP contribution >= 0.6 is 0 Å². The third-order valence-corrected chi connectivity index (χ3v) is 2.25. The predicted molar refractivity (Wildman–Crippen MR) is 57.9 cm³/mol. The number of anilines is 1. The van der Waals surface area contributed by atoms with Gasteiger partial charge in [0.2, 0.25) is 0 Å². The van der Waals surface area contributed by atoms with Crippen LogP contribution in [0.4, 0.5) is 6.01 Å². The van der Waals surface area contributed by atoms with E-state index < -0.39 is 0 Å². The summed E-state index contributed by atoms with van der Waals surface area (Å²) in [4.78, 5) is 8.35. The molecule has 0 bridgehead atoms. The summed E-state index contributed by atoms with van der Waals surface area (Å²) in [5.41, 5.74) is 1.65. The van der Waals surface area contributed by atoms with Crippen LogP contribution in [0.5, 0.6) is 0 Å². The van der Waals surface area contributed by atoms with Gasteiger partial charge in [-0.25, -0.2) is 0 Å². The fourth-order valence-electron chi connectivity index (χ4n) is 1.52. The molecule has 0 spiro atoms. The van der Waals surface area contributed by atoms with Crippen LogP contribution in [0, 0.1) is 0 Å². The third-order valence-electron chi connectivity index (χ3n) is 2.25. The Balaban J connectivity index is 1.85. The van der Waals surface area contributed by atoms with Gasteiger partial charge in [-0.2, -0.15) is 4.98 Å². The van der Waals surface area contributed by atoms with E-state index >= 15 is 0 Å². The van der Waals surface area contributed by atoms with Crippen molar-refractivity contribution in [1.82, 2.24) is 10.3 Å². The molecule has 1 atom stereocenters. The Morgan fingerprint density at radius 3 is 3.13 bits per heavy atom. The van der Waals surface area contributed by atoms with Crippen molar-refractivity contribution in [3.63, 3.8) is 0 Å². The number of para-hydroxylation sites is 2. The molecular weight excluding hydrogens is 192 g/mol. The van der Waals surface area contributed by atoms with E-state index in [2.05, 4.69) is 20.6 Å². The van der Waals surface area contributed by atoms with Crippen molar-refractivity contribution >= 4 is 23.5 Å². The lowest BCUT2D eigenvalue weighted by molar-refractivity contribution is 0.592. The highest BCUT2D eigenvalue weighted by atomic mass is 16.4. The van der Waals surface area contributed by atoms with E-state index in [-0.39, 0.29) is 6.17 Å². The minimum Gasteiger partial charge on any atom is -0.424 e. The van der Waals surface area contributed by atoms with Gasteiger partial charge in [-0.15, -0.1) is 0 Å². The fraction of sp³-hybridized carbons (Fsp3) is 0.200. The first kappa shape index (κ1) is 8.28. The van der Waals surface area contributed by atoms with Gasteiger partial charge in [-0.05, 0) is 12.1 Å². The lowest BCUT2D eigenvalue weighted by Gasteiger charge is -2.08. The molecule has 0 fully saturated rings. The van der Waals surface area contributed by atoms with Gasteiger partial charge in [0.1, 0.15) is 11.7 Å². The van der Waals surface area contributed by atoms with Crippen LogP contribution in [-0.4, -0.2) is 24.0 Å². The molecule has 2 heterocycles. The maximum absolute atomic E-state index is 5.51. The van der Waals surface area contributed by atoms with E-state index in [1.807, 2.05) is 24.3 Å². The summed E-state index contributed by atoms with van der Waals surface area (Å²) in [7, 11) is 0. The van der Waals surface area contributed by atoms with Crippen molar-refractivity contribution in [2.45, 2.75) is 6.17 Å². The zero-order valence-electron chi connectivity index (χ0n) is 7.97. The number of fused-ring (bicyclic) bond motifs is 1. The lowest BCUT2D eigenvalue weighted by Crippen LogP contribution is -2.33. The van der Waals surface area contributed by atoms with Crippen LogP contribution in [0.15, 0.2) is 33.7 Å². The molecule has 0 radical (unpaired) electrons. The second-order valence-corrected chi connectivity index (χ2v) is 3.34. The van der Waals surface area contributed by atoms with Crippen molar-refractivity contribution in [2.75, 3.05) is 11.9 Å². The molecule has 0 aliphatic carbocycles. The second-order valence-electron chi connectivity index (χ2n) is 3.34. The van der Waals surface area contributed by atoms with Gasteiger partial charge in [-0.1, -0.05) is 12.1 Å². The minimum absolute atomic E-state index is 0.0815.